The summed E-state index contributed by atoms with van der Waals surface area (Å²) in [6, 6.07) is 8.41. The maximum Gasteiger partial charge on any atom is 0.257 e. The molecule has 19 heavy (non-hydrogen) atoms. The minimum Gasteiger partial charge on any atom is -0.484 e. The number of nitrogens with one attached hydrogen (secondary N) is 2. The van der Waals surface area contributed by atoms with Crippen LogP contribution in [0.3, 0.4) is 0 Å². The molecule has 1 aliphatic rings. The first-order valence-electron chi connectivity index (χ1n) is 6.98. The first-order chi connectivity index (χ1) is 9.28. The second-order valence-corrected chi connectivity index (χ2v) is 4.97. The summed E-state index contributed by atoms with van der Waals surface area (Å²) in [6.45, 7) is 0.0614. The van der Waals surface area contributed by atoms with E-state index in [0.29, 0.717) is 6.04 Å². The number of likely N-dealkylation sites (N-methyl/N-ethyl adjacent to an activating group) is 1. The highest BCUT2D eigenvalue weighted by Crippen LogP contribution is 2.23. The van der Waals surface area contributed by atoms with Gasteiger partial charge in [-0.15, -0.1) is 0 Å². The fourth-order valence-electron chi connectivity index (χ4n) is 2.35. The molecule has 0 spiro atoms. The third kappa shape index (κ3) is 4.47. The summed E-state index contributed by atoms with van der Waals surface area (Å²) in [5.74, 6) is 0.599. The summed E-state index contributed by atoms with van der Waals surface area (Å²) in [7, 11) is 1.60. The number of hydrogen-bond acceptors (Lipinski definition) is 3. The number of carbonyl (C=O) groups excluding carboxylic acids is 1. The zero-order valence-corrected chi connectivity index (χ0v) is 11.4. The third-order valence-corrected chi connectivity index (χ3v) is 3.48. The van der Waals surface area contributed by atoms with Gasteiger partial charge in [0.2, 0.25) is 0 Å². The van der Waals surface area contributed by atoms with Gasteiger partial charge in [0.25, 0.3) is 5.91 Å². The molecule has 1 aromatic carbocycles. The van der Waals surface area contributed by atoms with Gasteiger partial charge in [0, 0.05) is 18.8 Å². The van der Waals surface area contributed by atoms with Gasteiger partial charge in [0.15, 0.2) is 6.61 Å². The zero-order valence-electron chi connectivity index (χ0n) is 11.4. The highest BCUT2D eigenvalue weighted by Gasteiger charge is 2.12. The van der Waals surface area contributed by atoms with E-state index in [4.69, 9.17) is 4.74 Å². The van der Waals surface area contributed by atoms with Crippen LogP contribution in [0.1, 0.15) is 32.1 Å². The maximum atomic E-state index is 11.1. The van der Waals surface area contributed by atoms with E-state index >= 15 is 0 Å². The van der Waals surface area contributed by atoms with Crippen LogP contribution in [0.4, 0.5) is 5.69 Å². The van der Waals surface area contributed by atoms with Crippen molar-refractivity contribution in [1.29, 1.82) is 0 Å². The number of ether oxygens (including phenoxy) is 1. The van der Waals surface area contributed by atoms with Gasteiger partial charge in [0.1, 0.15) is 5.75 Å². The molecule has 1 aromatic rings. The molecule has 1 fully saturated rings. The Bertz CT molecular complexity index is 397. The Morgan fingerprint density at radius 2 is 1.89 bits per heavy atom. The summed E-state index contributed by atoms with van der Waals surface area (Å²) in [6.07, 6.45) is 6.53. The van der Waals surface area contributed by atoms with Gasteiger partial charge in [-0.25, -0.2) is 0 Å². The van der Waals surface area contributed by atoms with Crippen molar-refractivity contribution in [3.8, 4) is 5.75 Å². The fourth-order valence-corrected chi connectivity index (χ4v) is 2.35. The molecule has 1 saturated carbocycles. The molecule has 4 nitrogen and oxygen atoms in total. The minimum absolute atomic E-state index is 0.0614. The van der Waals surface area contributed by atoms with Crippen molar-refractivity contribution in [2.45, 2.75) is 38.1 Å². The van der Waals surface area contributed by atoms with Crippen LogP contribution in [0.2, 0.25) is 0 Å². The van der Waals surface area contributed by atoms with E-state index in [0.717, 1.165) is 11.4 Å². The van der Waals surface area contributed by atoms with Crippen LogP contribution < -0.4 is 15.4 Å². The van der Waals surface area contributed by atoms with Crippen LogP contribution in [0.25, 0.3) is 0 Å². The van der Waals surface area contributed by atoms with E-state index in [9.17, 15) is 4.79 Å². The molecule has 104 valence electrons. The molecule has 0 aliphatic heterocycles. The monoisotopic (exact) mass is 262 g/mol. The molecule has 1 amide bonds. The molecular formula is C15H22N2O2. The van der Waals surface area contributed by atoms with Crippen LogP contribution in [-0.2, 0) is 4.79 Å². The predicted molar refractivity (Wildman–Crippen MR) is 76.5 cm³/mol. The summed E-state index contributed by atoms with van der Waals surface area (Å²) >= 11 is 0. The van der Waals surface area contributed by atoms with E-state index in [1.54, 1.807) is 7.05 Å². The van der Waals surface area contributed by atoms with Crippen molar-refractivity contribution < 1.29 is 9.53 Å². The lowest BCUT2D eigenvalue weighted by molar-refractivity contribution is -0.122. The highest BCUT2D eigenvalue weighted by atomic mass is 16.5. The molecule has 0 bridgehead atoms. The fraction of sp³-hybridized carbons (Fsp3) is 0.533. The van der Waals surface area contributed by atoms with Crippen LogP contribution in [0.15, 0.2) is 24.3 Å². The largest absolute Gasteiger partial charge is 0.484 e. The van der Waals surface area contributed by atoms with Gasteiger partial charge >= 0.3 is 0 Å². The maximum absolute atomic E-state index is 11.1. The van der Waals surface area contributed by atoms with Crippen molar-refractivity contribution in [3.63, 3.8) is 0 Å². The van der Waals surface area contributed by atoms with Gasteiger partial charge in [-0.1, -0.05) is 19.3 Å². The average Bonchev–Trinajstić information content (AvgIpc) is 2.47. The Hall–Kier alpha value is -1.71. The second-order valence-electron chi connectivity index (χ2n) is 4.97. The summed E-state index contributed by atoms with van der Waals surface area (Å²) in [4.78, 5) is 11.1. The Morgan fingerprint density at radius 3 is 2.53 bits per heavy atom. The SMILES string of the molecule is CNC(=O)COc1ccc(NC2CCCCC2)cc1. The molecule has 0 atom stereocenters. The minimum atomic E-state index is -0.121. The zero-order chi connectivity index (χ0) is 13.5. The molecule has 0 heterocycles. The summed E-state index contributed by atoms with van der Waals surface area (Å²) < 4.78 is 5.36. The Labute approximate surface area is 114 Å². The van der Waals surface area contributed by atoms with E-state index in [1.165, 1.54) is 32.1 Å². The molecule has 2 N–H and O–H groups in total. The van der Waals surface area contributed by atoms with Crippen LogP contribution in [0.5, 0.6) is 5.75 Å². The molecular weight excluding hydrogens is 240 g/mol. The van der Waals surface area contributed by atoms with Crippen molar-refractivity contribution >= 4 is 11.6 Å². The van der Waals surface area contributed by atoms with Crippen molar-refractivity contribution in [2.75, 3.05) is 19.0 Å². The van der Waals surface area contributed by atoms with Crippen molar-refractivity contribution in [3.05, 3.63) is 24.3 Å². The van der Waals surface area contributed by atoms with Gasteiger partial charge in [0.05, 0.1) is 0 Å². The van der Waals surface area contributed by atoms with Gasteiger partial charge in [-0.2, -0.15) is 0 Å². The number of benzene rings is 1. The van der Waals surface area contributed by atoms with Crippen LogP contribution in [-0.4, -0.2) is 25.6 Å². The first kappa shape index (κ1) is 13.7. The standard InChI is InChI=1S/C15H22N2O2/c1-16-15(18)11-19-14-9-7-13(8-10-14)17-12-5-3-2-4-6-12/h7-10,12,17H,2-6,11H2,1H3,(H,16,18). The van der Waals surface area contributed by atoms with Gasteiger partial charge < -0.3 is 15.4 Å². The lowest BCUT2D eigenvalue weighted by Gasteiger charge is -2.23. The van der Waals surface area contributed by atoms with E-state index in [-0.39, 0.29) is 12.5 Å². The third-order valence-electron chi connectivity index (χ3n) is 3.48. The Morgan fingerprint density at radius 1 is 1.21 bits per heavy atom. The molecule has 0 radical (unpaired) electrons. The molecule has 1 aliphatic carbocycles. The smallest absolute Gasteiger partial charge is 0.257 e. The predicted octanol–water partition coefficient (Wildman–Crippen LogP) is 2.56. The summed E-state index contributed by atoms with van der Waals surface area (Å²) in [5.41, 5.74) is 1.12. The number of amides is 1. The quantitative estimate of drug-likeness (QED) is 0.857. The van der Waals surface area contributed by atoms with Gasteiger partial charge in [-0.05, 0) is 37.1 Å². The lowest BCUT2D eigenvalue weighted by Crippen LogP contribution is -2.24. The number of rotatable bonds is 5. The molecule has 0 aromatic heterocycles. The second kappa shape index (κ2) is 7.02. The first-order valence-corrected chi connectivity index (χ1v) is 6.98. The lowest BCUT2D eigenvalue weighted by atomic mass is 9.95. The van der Waals surface area contributed by atoms with E-state index in [2.05, 4.69) is 10.6 Å². The van der Waals surface area contributed by atoms with Gasteiger partial charge in [-0.3, -0.25) is 4.79 Å². The molecule has 0 saturated heterocycles. The van der Waals surface area contributed by atoms with E-state index < -0.39 is 0 Å². The Kier molecular flexibility index (Phi) is 5.07. The van der Waals surface area contributed by atoms with Crippen LogP contribution >= 0.6 is 0 Å². The Balaban J connectivity index is 1.82. The molecule has 2 rings (SSSR count). The van der Waals surface area contributed by atoms with E-state index in [1.807, 2.05) is 24.3 Å². The average molecular weight is 262 g/mol. The van der Waals surface area contributed by atoms with Crippen LogP contribution in [0, 0.1) is 0 Å². The summed E-state index contributed by atoms with van der Waals surface area (Å²) in [5, 5.41) is 6.07. The number of anilines is 1. The highest BCUT2D eigenvalue weighted by molar-refractivity contribution is 5.77. The number of carbonyl (C=O) groups is 1. The molecule has 0 unspecified atom stereocenters. The van der Waals surface area contributed by atoms with Crippen molar-refractivity contribution in [2.24, 2.45) is 0 Å². The van der Waals surface area contributed by atoms with Crippen molar-refractivity contribution in [1.82, 2.24) is 5.32 Å². The number of hydrogen-bond donors (Lipinski definition) is 2. The topological polar surface area (TPSA) is 50.4 Å². The normalized spacial score (nSPS) is 15.8. The molecule has 4 heteroatoms.